The lowest BCUT2D eigenvalue weighted by Crippen LogP contribution is -2.45. The molecule has 1 N–H and O–H groups in total. The van der Waals surface area contributed by atoms with Crippen LogP contribution in [0.15, 0.2) is 18.3 Å². The van der Waals surface area contributed by atoms with Crippen molar-refractivity contribution in [3.8, 4) is 0 Å². The number of imidazole rings is 1. The Balaban J connectivity index is 0.000000593. The van der Waals surface area contributed by atoms with Gasteiger partial charge in [-0.2, -0.15) is 0 Å². The minimum atomic E-state index is -2.19. The molecule has 33 heavy (non-hydrogen) atoms. The standard InChI is InChI=1S/C17H25N5O3.C2H2O4.C2H6/c1-2-25-11-10-22-16-14(4-3-7-18-16)20-17(22)19-13-5-8-21(9-6-13)12-15(23)24;3-1(4)2(5)6;1-2/h3-4,7,13H,2,5-6,8-12H2,1H3,(H,19,20)(H,23,24);(H,3,4)(H,5,6);1-2H3/p-3. The number of nitrogens with one attached hydrogen (secondary N) is 1. The van der Waals surface area contributed by atoms with Gasteiger partial charge in [-0.1, -0.05) is 13.8 Å². The van der Waals surface area contributed by atoms with Crippen molar-refractivity contribution in [3.63, 3.8) is 0 Å². The zero-order valence-electron chi connectivity index (χ0n) is 19.1. The number of nitrogens with zero attached hydrogens (tertiary/aromatic N) is 4. The third-order valence-electron chi connectivity index (χ3n) is 4.61. The molecule has 3 rings (SSSR count). The molecule has 3 heterocycles. The number of piperidine rings is 1. The number of aliphatic carboxylic acids is 3. The van der Waals surface area contributed by atoms with Crippen LogP contribution in [-0.2, 0) is 25.7 Å². The zero-order chi connectivity index (χ0) is 24.8. The lowest BCUT2D eigenvalue weighted by molar-refractivity contribution is -0.345. The Hall–Kier alpha value is -3.25. The number of rotatable bonds is 8. The molecule has 12 nitrogen and oxygen atoms in total. The number of fused-ring (bicyclic) bond motifs is 1. The number of hydrogen-bond donors (Lipinski definition) is 1. The molecule has 0 radical (unpaired) electrons. The van der Waals surface area contributed by atoms with Crippen LogP contribution in [0.4, 0.5) is 5.95 Å². The first-order valence-corrected chi connectivity index (χ1v) is 10.8. The minimum Gasteiger partial charge on any atom is -0.549 e. The fourth-order valence-electron chi connectivity index (χ4n) is 3.18. The number of pyridine rings is 1. The summed E-state index contributed by atoms with van der Waals surface area (Å²) in [6, 6.07) is 4.10. The number of anilines is 1. The summed E-state index contributed by atoms with van der Waals surface area (Å²) in [4.78, 5) is 39.6. The van der Waals surface area contributed by atoms with E-state index in [0.717, 1.165) is 43.0 Å². The highest BCUT2D eigenvalue weighted by Gasteiger charge is 2.21. The van der Waals surface area contributed by atoms with Crippen LogP contribution in [0.3, 0.4) is 0 Å². The van der Waals surface area contributed by atoms with Gasteiger partial charge in [0.05, 0.1) is 31.1 Å². The maximum absolute atomic E-state index is 10.7. The Labute approximate surface area is 192 Å². The molecule has 1 saturated heterocycles. The summed E-state index contributed by atoms with van der Waals surface area (Å²) in [7, 11) is 0. The fraction of sp³-hybridized carbons (Fsp3) is 0.571. The third-order valence-corrected chi connectivity index (χ3v) is 4.61. The first kappa shape index (κ1) is 27.8. The topological polar surface area (TPSA) is 176 Å². The molecule has 0 bridgehead atoms. The molecule has 184 valence electrons. The van der Waals surface area contributed by atoms with Gasteiger partial charge in [-0.15, -0.1) is 0 Å². The average Bonchev–Trinajstić information content (AvgIpc) is 3.14. The molecular formula is C21H30N5O7-3. The second kappa shape index (κ2) is 14.7. The molecule has 2 aromatic heterocycles. The molecule has 0 aliphatic carbocycles. The molecule has 0 saturated carbocycles. The van der Waals surface area contributed by atoms with Gasteiger partial charge in [0.15, 0.2) is 5.65 Å². The van der Waals surface area contributed by atoms with E-state index in [4.69, 9.17) is 24.5 Å². The minimum absolute atomic E-state index is 0.00348. The average molecular weight is 464 g/mol. The molecule has 1 fully saturated rings. The predicted octanol–water partition coefficient (Wildman–Crippen LogP) is -2.39. The number of carboxylic acids is 3. The molecular weight excluding hydrogens is 434 g/mol. The van der Waals surface area contributed by atoms with E-state index in [1.54, 1.807) is 6.20 Å². The van der Waals surface area contributed by atoms with E-state index in [2.05, 4.69) is 19.9 Å². The monoisotopic (exact) mass is 464 g/mol. The summed E-state index contributed by atoms with van der Waals surface area (Å²) >= 11 is 0. The highest BCUT2D eigenvalue weighted by molar-refractivity contribution is 6.25. The van der Waals surface area contributed by atoms with Crippen LogP contribution in [-0.4, -0.2) is 76.2 Å². The molecule has 1 aliphatic rings. The van der Waals surface area contributed by atoms with Crippen molar-refractivity contribution in [2.75, 3.05) is 38.2 Å². The van der Waals surface area contributed by atoms with Crippen LogP contribution < -0.4 is 20.6 Å². The number of carboxylic acid groups (broad SMARTS) is 3. The van der Waals surface area contributed by atoms with Gasteiger partial charge in [-0.05, 0) is 31.9 Å². The Bertz CT molecular complexity index is 882. The van der Waals surface area contributed by atoms with Gasteiger partial charge in [0.1, 0.15) is 5.52 Å². The van der Waals surface area contributed by atoms with Crippen LogP contribution in [0.2, 0.25) is 0 Å². The van der Waals surface area contributed by atoms with Gasteiger partial charge in [0.2, 0.25) is 5.95 Å². The number of aromatic nitrogens is 3. The summed E-state index contributed by atoms with van der Waals surface area (Å²) < 4.78 is 7.53. The van der Waals surface area contributed by atoms with Crippen LogP contribution in [0.1, 0.15) is 33.6 Å². The van der Waals surface area contributed by atoms with E-state index in [1.165, 1.54) is 0 Å². The summed E-state index contributed by atoms with van der Waals surface area (Å²) in [5.74, 6) is -4.59. The van der Waals surface area contributed by atoms with Crippen LogP contribution in [0.5, 0.6) is 0 Å². The van der Waals surface area contributed by atoms with Crippen molar-refractivity contribution in [2.24, 2.45) is 0 Å². The Kier molecular flexibility index (Phi) is 12.4. The molecule has 0 aromatic carbocycles. The van der Waals surface area contributed by atoms with Gasteiger partial charge < -0.3 is 39.8 Å². The van der Waals surface area contributed by atoms with E-state index in [9.17, 15) is 9.90 Å². The second-order valence-electron chi connectivity index (χ2n) is 6.77. The maximum Gasteiger partial charge on any atom is 0.205 e. The van der Waals surface area contributed by atoms with E-state index in [-0.39, 0.29) is 12.6 Å². The molecule has 0 atom stereocenters. The van der Waals surface area contributed by atoms with E-state index < -0.39 is 17.9 Å². The first-order valence-electron chi connectivity index (χ1n) is 10.8. The Morgan fingerprint density at radius 1 is 1.15 bits per heavy atom. The molecule has 1 aliphatic heterocycles. The SMILES string of the molecule is CC.CCOCCn1c(NC2CCN(CC(=O)[O-])CC2)nc2cccnc21.O=C([O-])C(=O)[O-]. The number of carbonyl (C=O) groups excluding carboxylic acids is 3. The summed E-state index contributed by atoms with van der Waals surface area (Å²) in [6.07, 6.45) is 3.51. The van der Waals surface area contributed by atoms with E-state index in [1.807, 2.05) is 37.8 Å². The third kappa shape index (κ3) is 9.41. The number of ether oxygens (including phenoxy) is 1. The smallest absolute Gasteiger partial charge is 0.205 e. The predicted molar refractivity (Wildman–Crippen MR) is 113 cm³/mol. The quantitative estimate of drug-likeness (QED) is 0.326. The summed E-state index contributed by atoms with van der Waals surface area (Å²) in [5.41, 5.74) is 1.70. The van der Waals surface area contributed by atoms with Crippen LogP contribution in [0.25, 0.3) is 11.2 Å². The molecule has 0 amide bonds. The Morgan fingerprint density at radius 2 is 1.79 bits per heavy atom. The van der Waals surface area contributed by atoms with Gasteiger partial charge in [-0.3, -0.25) is 9.47 Å². The largest absolute Gasteiger partial charge is 0.549 e. The van der Waals surface area contributed by atoms with Crippen molar-refractivity contribution in [1.29, 1.82) is 0 Å². The second-order valence-corrected chi connectivity index (χ2v) is 6.77. The van der Waals surface area contributed by atoms with Gasteiger partial charge in [0.25, 0.3) is 0 Å². The van der Waals surface area contributed by atoms with Crippen molar-refractivity contribution in [2.45, 2.75) is 46.2 Å². The highest BCUT2D eigenvalue weighted by atomic mass is 16.5. The highest BCUT2D eigenvalue weighted by Crippen LogP contribution is 2.21. The lowest BCUT2D eigenvalue weighted by atomic mass is 10.1. The van der Waals surface area contributed by atoms with Gasteiger partial charge in [-0.25, -0.2) is 9.97 Å². The van der Waals surface area contributed by atoms with Gasteiger partial charge in [0, 0.05) is 38.5 Å². The molecule has 2 aromatic rings. The van der Waals surface area contributed by atoms with Crippen molar-refractivity contribution in [1.82, 2.24) is 19.4 Å². The number of carbonyl (C=O) groups is 3. The number of likely N-dealkylation sites (tertiary alicyclic amines) is 1. The zero-order valence-corrected chi connectivity index (χ0v) is 19.1. The van der Waals surface area contributed by atoms with Crippen molar-refractivity contribution < 1.29 is 34.4 Å². The summed E-state index contributed by atoms with van der Waals surface area (Å²) in [6.45, 7) is 9.43. The summed E-state index contributed by atoms with van der Waals surface area (Å²) in [5, 5.41) is 32.1. The maximum atomic E-state index is 10.7. The fourth-order valence-corrected chi connectivity index (χ4v) is 3.18. The Morgan fingerprint density at radius 3 is 2.33 bits per heavy atom. The molecule has 0 unspecified atom stereocenters. The van der Waals surface area contributed by atoms with Gasteiger partial charge >= 0.3 is 0 Å². The lowest BCUT2D eigenvalue weighted by Gasteiger charge is -2.32. The van der Waals surface area contributed by atoms with E-state index >= 15 is 0 Å². The normalized spacial score (nSPS) is 13.9. The first-order chi connectivity index (χ1) is 15.8. The molecule has 12 heteroatoms. The van der Waals surface area contributed by atoms with Crippen LogP contribution >= 0.6 is 0 Å². The van der Waals surface area contributed by atoms with Crippen molar-refractivity contribution >= 4 is 35.0 Å². The molecule has 0 spiro atoms. The van der Waals surface area contributed by atoms with E-state index in [0.29, 0.717) is 19.8 Å². The number of hydrogen-bond acceptors (Lipinski definition) is 11. The van der Waals surface area contributed by atoms with Crippen LogP contribution in [0, 0.1) is 0 Å². The van der Waals surface area contributed by atoms with Crippen molar-refractivity contribution in [3.05, 3.63) is 18.3 Å².